The molecule has 20 heteroatoms. The van der Waals surface area contributed by atoms with Crippen molar-refractivity contribution in [1.82, 2.24) is 0 Å². The van der Waals surface area contributed by atoms with Gasteiger partial charge in [0.2, 0.25) is 0 Å². The Morgan fingerprint density at radius 3 is 0.951 bits per heavy atom. The van der Waals surface area contributed by atoms with Gasteiger partial charge in [0, 0.05) is 24.3 Å². The van der Waals surface area contributed by atoms with Crippen molar-refractivity contribution in [3.05, 3.63) is 198 Å². The molecule has 5 aromatic carbocycles. The average molecular weight is 1110 g/mol. The molecule has 0 aliphatic carbocycles. The summed E-state index contributed by atoms with van der Waals surface area (Å²) in [4.78, 5) is 111. The number of hydrogen-bond acceptors (Lipinski definition) is 20. The Balaban J connectivity index is 0.784. The van der Waals surface area contributed by atoms with Crippen molar-refractivity contribution in [2.45, 2.75) is 50.1 Å². The maximum absolute atomic E-state index is 13.2. The van der Waals surface area contributed by atoms with E-state index in [4.69, 9.17) is 52.1 Å². The Kier molecular flexibility index (Phi) is 21.7. The number of carbonyl (C=O) groups is 9. The summed E-state index contributed by atoms with van der Waals surface area (Å²) in [5, 5.41) is 0. The first kappa shape index (κ1) is 58.9. The summed E-state index contributed by atoms with van der Waals surface area (Å²) in [6.07, 6.45) is 6.73. The van der Waals surface area contributed by atoms with Crippen molar-refractivity contribution >= 4 is 65.9 Å². The number of carbonyl (C=O) groups excluding carboxylic acids is 9. The SMILES string of the molecule is C=CC(=O)OCCCCOC(=O)/C=C/c1ccc(C(=O)Oc2ccc(C(=O)Oc3ccc(C(=O)O[C@@H]4CO[C@H]5[C@@H]4OC[C@@H]5OC(=O)c4ccc(OC(=O)c5ccc(/C=C/C(=O)OCCCCOC(=O)C=C)cc5)cc4)cc3)cc2)cc1. The Bertz CT molecular complexity index is 3120. The van der Waals surface area contributed by atoms with E-state index in [9.17, 15) is 43.2 Å². The quantitative estimate of drug-likeness (QED) is 0.0167. The first-order valence-electron chi connectivity index (χ1n) is 25.4. The standard InChI is InChI=1S/C61H54O20/c1-3-51(62)71-33-5-7-35-73-53(64)31-13-39-9-15-41(16-10-39)57(66)77-46-25-19-43(20-26-46)59(68)79-48-29-23-45(24-30-48)61(70)81-50-38-76-55-49(37-75-56(50)55)80-60(69)44-21-27-47(28-22-44)78-58(67)42-17-11-40(12-18-42)14-32-54(65)74-36-8-6-34-72-52(63)4-2/h3-4,9-32,49-50,55-56H,1-2,5-8,33-38H2/b31-13+,32-14+/t49-,50+,55+,56+/m0/s1. The van der Waals surface area contributed by atoms with E-state index < -0.39 is 78.1 Å². The molecule has 20 nitrogen and oxygen atoms in total. The Labute approximate surface area is 464 Å². The molecule has 0 aromatic heterocycles. The van der Waals surface area contributed by atoms with Gasteiger partial charge in [0.05, 0.1) is 67.5 Å². The number of rotatable bonds is 26. The first-order chi connectivity index (χ1) is 39.2. The molecule has 81 heavy (non-hydrogen) atoms. The number of hydrogen-bond donors (Lipinski definition) is 0. The highest BCUT2D eigenvalue weighted by Crippen LogP contribution is 2.32. The smallest absolute Gasteiger partial charge is 0.343 e. The molecular formula is C61H54O20. The molecule has 0 saturated carbocycles. The van der Waals surface area contributed by atoms with Crippen LogP contribution in [0.2, 0.25) is 0 Å². The molecule has 418 valence electrons. The first-order valence-corrected chi connectivity index (χ1v) is 25.4. The van der Waals surface area contributed by atoms with Crippen LogP contribution >= 0.6 is 0 Å². The van der Waals surface area contributed by atoms with Gasteiger partial charge in [-0.3, -0.25) is 0 Å². The van der Waals surface area contributed by atoms with E-state index in [2.05, 4.69) is 13.2 Å². The van der Waals surface area contributed by atoms with Crippen LogP contribution in [0, 0.1) is 0 Å². The average Bonchev–Trinajstić information content (AvgIpc) is 4.10. The lowest BCUT2D eigenvalue weighted by atomic mass is 10.1. The van der Waals surface area contributed by atoms with Gasteiger partial charge >= 0.3 is 53.7 Å². The van der Waals surface area contributed by atoms with Gasteiger partial charge in [-0.15, -0.1) is 0 Å². The van der Waals surface area contributed by atoms with Crippen LogP contribution in [-0.4, -0.2) is 118 Å². The Morgan fingerprint density at radius 2 is 0.654 bits per heavy atom. The molecule has 0 unspecified atom stereocenters. The zero-order valence-corrected chi connectivity index (χ0v) is 43.5. The maximum atomic E-state index is 13.2. The minimum atomic E-state index is -0.818. The van der Waals surface area contributed by atoms with Crippen LogP contribution in [-0.2, 0) is 57.1 Å². The highest BCUT2D eigenvalue weighted by atomic mass is 16.7. The van der Waals surface area contributed by atoms with Crippen LogP contribution < -0.4 is 14.2 Å². The van der Waals surface area contributed by atoms with Crippen molar-refractivity contribution in [2.75, 3.05) is 39.6 Å². The molecule has 0 bridgehead atoms. The number of fused-ring (bicyclic) bond motifs is 1. The lowest BCUT2D eigenvalue weighted by Crippen LogP contribution is -2.36. The molecule has 2 aliphatic rings. The maximum Gasteiger partial charge on any atom is 0.343 e. The van der Waals surface area contributed by atoms with Gasteiger partial charge in [0.15, 0.2) is 12.2 Å². The van der Waals surface area contributed by atoms with Gasteiger partial charge in [-0.05, 0) is 146 Å². The van der Waals surface area contributed by atoms with E-state index in [1.54, 1.807) is 24.3 Å². The molecule has 7 rings (SSSR count). The van der Waals surface area contributed by atoms with Gasteiger partial charge < -0.3 is 52.1 Å². The molecule has 0 spiro atoms. The molecule has 4 atom stereocenters. The lowest BCUT2D eigenvalue weighted by Gasteiger charge is -2.17. The van der Waals surface area contributed by atoms with Gasteiger partial charge in [-0.25, -0.2) is 43.2 Å². The van der Waals surface area contributed by atoms with E-state index in [1.165, 1.54) is 121 Å². The summed E-state index contributed by atoms with van der Waals surface area (Å²) in [5.41, 5.74) is 2.22. The summed E-state index contributed by atoms with van der Waals surface area (Å²) < 4.78 is 59.5. The topological polar surface area (TPSA) is 255 Å². The second kappa shape index (κ2) is 29.8. The predicted octanol–water partition coefficient (Wildman–Crippen LogP) is 8.02. The Morgan fingerprint density at radius 1 is 0.383 bits per heavy atom. The second-order valence-electron chi connectivity index (χ2n) is 17.6. The zero-order chi connectivity index (χ0) is 57.5. The molecule has 2 aliphatic heterocycles. The molecule has 5 aromatic rings. The van der Waals surface area contributed by atoms with E-state index in [0.29, 0.717) is 36.8 Å². The van der Waals surface area contributed by atoms with Crippen LogP contribution in [0.4, 0.5) is 0 Å². The zero-order valence-electron chi connectivity index (χ0n) is 43.5. The third kappa shape index (κ3) is 18.1. The number of unbranched alkanes of at least 4 members (excludes halogenated alkanes) is 2. The van der Waals surface area contributed by atoms with Gasteiger partial charge in [-0.2, -0.15) is 0 Å². The van der Waals surface area contributed by atoms with Crippen molar-refractivity contribution in [3.8, 4) is 17.2 Å². The molecular weight excluding hydrogens is 1050 g/mol. The van der Waals surface area contributed by atoms with Crippen LogP contribution in [0.15, 0.2) is 159 Å². The van der Waals surface area contributed by atoms with E-state index >= 15 is 0 Å². The molecule has 0 N–H and O–H groups in total. The van der Waals surface area contributed by atoms with Crippen LogP contribution in [0.1, 0.15) is 88.6 Å². The van der Waals surface area contributed by atoms with Gasteiger partial charge in [-0.1, -0.05) is 37.4 Å². The fraction of sp³-hybridized carbons (Fsp3) is 0.230. The van der Waals surface area contributed by atoms with Crippen LogP contribution in [0.5, 0.6) is 17.2 Å². The minimum absolute atomic E-state index is 0.0185. The third-order valence-electron chi connectivity index (χ3n) is 11.9. The largest absolute Gasteiger partial charge is 0.463 e. The number of esters is 9. The normalized spacial score (nSPS) is 16.0. The van der Waals surface area contributed by atoms with Gasteiger partial charge in [0.25, 0.3) is 0 Å². The van der Waals surface area contributed by atoms with Crippen molar-refractivity contribution in [3.63, 3.8) is 0 Å². The fourth-order valence-electron chi connectivity index (χ4n) is 7.62. The molecule has 0 amide bonds. The minimum Gasteiger partial charge on any atom is -0.463 e. The number of benzene rings is 5. The summed E-state index contributed by atoms with van der Waals surface area (Å²) >= 11 is 0. The third-order valence-corrected chi connectivity index (χ3v) is 11.9. The highest BCUT2D eigenvalue weighted by molar-refractivity contribution is 5.95. The van der Waals surface area contributed by atoms with E-state index in [-0.39, 0.29) is 84.7 Å². The summed E-state index contributed by atoms with van der Waals surface area (Å²) in [5.74, 6) is -5.06. The van der Waals surface area contributed by atoms with E-state index in [1.807, 2.05) is 0 Å². The predicted molar refractivity (Wildman–Crippen MR) is 286 cm³/mol. The van der Waals surface area contributed by atoms with Crippen molar-refractivity contribution < 1.29 is 95.3 Å². The van der Waals surface area contributed by atoms with Gasteiger partial charge in [0.1, 0.15) is 29.5 Å². The number of ether oxygens (including phenoxy) is 11. The highest BCUT2D eigenvalue weighted by Gasteiger charge is 2.51. The molecule has 0 radical (unpaired) electrons. The fourth-order valence-corrected chi connectivity index (χ4v) is 7.62. The van der Waals surface area contributed by atoms with Crippen molar-refractivity contribution in [1.29, 1.82) is 0 Å². The van der Waals surface area contributed by atoms with Crippen molar-refractivity contribution in [2.24, 2.45) is 0 Å². The summed E-state index contributed by atoms with van der Waals surface area (Å²) in [7, 11) is 0. The molecule has 2 heterocycles. The molecule has 2 saturated heterocycles. The van der Waals surface area contributed by atoms with Crippen LogP contribution in [0.25, 0.3) is 12.2 Å². The summed E-state index contributed by atoms with van der Waals surface area (Å²) in [6.45, 7) is 7.30. The summed E-state index contributed by atoms with van der Waals surface area (Å²) in [6, 6.07) is 29.7. The Hall–Kier alpha value is -9.79. The molecule has 2 fully saturated rings. The van der Waals surface area contributed by atoms with Crippen LogP contribution in [0.3, 0.4) is 0 Å². The van der Waals surface area contributed by atoms with E-state index in [0.717, 1.165) is 12.2 Å². The second-order valence-corrected chi connectivity index (χ2v) is 17.6. The monoisotopic (exact) mass is 1110 g/mol. The lowest BCUT2D eigenvalue weighted by molar-refractivity contribution is -0.140.